The SMILES string of the molecule is Nc1cccc(Oc2cc(Oc3cccc(N)c3F)c(C(F)(F)F)cc2F)c1F. The quantitative estimate of drug-likeness (QED) is 0.414. The number of nitrogens with two attached hydrogens (primary N) is 2. The summed E-state index contributed by atoms with van der Waals surface area (Å²) in [5.41, 5.74) is 8.54. The van der Waals surface area contributed by atoms with E-state index >= 15 is 0 Å². The minimum absolute atomic E-state index is 0.0963. The minimum atomic E-state index is -5.03. The molecule has 29 heavy (non-hydrogen) atoms. The molecule has 0 aromatic heterocycles. The molecule has 0 atom stereocenters. The largest absolute Gasteiger partial charge is 0.453 e. The number of halogens is 6. The molecule has 0 aliphatic carbocycles. The molecule has 152 valence electrons. The maximum Gasteiger partial charge on any atom is 0.420 e. The number of hydrogen-bond donors (Lipinski definition) is 2. The van der Waals surface area contributed by atoms with Crippen molar-refractivity contribution in [3.8, 4) is 23.0 Å². The summed E-state index contributed by atoms with van der Waals surface area (Å²) >= 11 is 0. The molecule has 3 rings (SSSR count). The van der Waals surface area contributed by atoms with Gasteiger partial charge in [-0.1, -0.05) is 12.1 Å². The van der Waals surface area contributed by atoms with Crippen LogP contribution in [-0.2, 0) is 6.18 Å². The van der Waals surface area contributed by atoms with Crippen molar-refractivity contribution in [3.63, 3.8) is 0 Å². The van der Waals surface area contributed by atoms with Crippen molar-refractivity contribution in [3.05, 3.63) is 71.5 Å². The topological polar surface area (TPSA) is 70.5 Å². The summed E-state index contributed by atoms with van der Waals surface area (Å²) in [5.74, 6) is -6.48. The van der Waals surface area contributed by atoms with E-state index in [1.54, 1.807) is 0 Å². The lowest BCUT2D eigenvalue weighted by Crippen LogP contribution is -2.09. The van der Waals surface area contributed by atoms with Crippen molar-refractivity contribution in [2.75, 3.05) is 11.5 Å². The average Bonchev–Trinajstić information content (AvgIpc) is 2.64. The number of rotatable bonds is 4. The molecule has 4 N–H and O–H groups in total. The molecule has 0 radical (unpaired) electrons. The highest BCUT2D eigenvalue weighted by molar-refractivity contribution is 5.52. The second-order valence-corrected chi connectivity index (χ2v) is 5.80. The van der Waals surface area contributed by atoms with Gasteiger partial charge in [-0.3, -0.25) is 0 Å². The van der Waals surface area contributed by atoms with Crippen LogP contribution in [0.2, 0.25) is 0 Å². The molecule has 0 aliphatic rings. The Balaban J connectivity index is 2.09. The molecule has 0 fully saturated rings. The predicted molar refractivity (Wildman–Crippen MR) is 93.2 cm³/mol. The normalized spacial score (nSPS) is 11.4. The zero-order valence-corrected chi connectivity index (χ0v) is 14.4. The van der Waals surface area contributed by atoms with Gasteiger partial charge < -0.3 is 20.9 Å². The molecule has 0 spiro atoms. The number of alkyl halides is 3. The first-order valence-corrected chi connectivity index (χ1v) is 7.92. The molecule has 0 heterocycles. The predicted octanol–water partition coefficient (Wildman–Crippen LogP) is 5.87. The number of benzene rings is 3. The Morgan fingerprint density at radius 1 is 0.655 bits per heavy atom. The third kappa shape index (κ3) is 4.15. The molecular formula is C19H12F6N2O2. The maximum absolute atomic E-state index is 14.2. The van der Waals surface area contributed by atoms with E-state index in [0.29, 0.717) is 6.07 Å². The highest BCUT2D eigenvalue weighted by atomic mass is 19.4. The van der Waals surface area contributed by atoms with Gasteiger partial charge in [0, 0.05) is 6.07 Å². The van der Waals surface area contributed by atoms with E-state index in [1.807, 2.05) is 0 Å². The van der Waals surface area contributed by atoms with Crippen LogP contribution < -0.4 is 20.9 Å². The van der Waals surface area contributed by atoms with E-state index in [4.69, 9.17) is 20.9 Å². The fourth-order valence-electron chi connectivity index (χ4n) is 2.37. The van der Waals surface area contributed by atoms with Crippen molar-refractivity contribution >= 4 is 11.4 Å². The van der Waals surface area contributed by atoms with Gasteiger partial charge in [-0.05, 0) is 30.3 Å². The van der Waals surface area contributed by atoms with Crippen LogP contribution in [0.25, 0.3) is 0 Å². The molecule has 0 amide bonds. The zero-order chi connectivity index (χ0) is 21.3. The number of ether oxygens (including phenoxy) is 2. The summed E-state index contributed by atoms with van der Waals surface area (Å²) in [6.07, 6.45) is -5.03. The molecule has 0 bridgehead atoms. The van der Waals surface area contributed by atoms with Gasteiger partial charge in [-0.2, -0.15) is 13.2 Å². The Labute approximate surface area is 160 Å². The van der Waals surface area contributed by atoms with Crippen molar-refractivity contribution in [2.24, 2.45) is 0 Å². The van der Waals surface area contributed by atoms with Crippen LogP contribution in [0, 0.1) is 17.5 Å². The molecule has 3 aromatic carbocycles. The fraction of sp³-hybridized carbons (Fsp3) is 0.0526. The third-order valence-corrected chi connectivity index (χ3v) is 3.77. The highest BCUT2D eigenvalue weighted by Crippen LogP contribution is 2.43. The summed E-state index contributed by atoms with van der Waals surface area (Å²) in [4.78, 5) is 0. The first-order chi connectivity index (χ1) is 13.6. The zero-order valence-electron chi connectivity index (χ0n) is 14.4. The summed E-state index contributed by atoms with van der Waals surface area (Å²) in [5, 5.41) is 0. The highest BCUT2D eigenvalue weighted by Gasteiger charge is 2.36. The third-order valence-electron chi connectivity index (χ3n) is 3.77. The second-order valence-electron chi connectivity index (χ2n) is 5.80. The van der Waals surface area contributed by atoms with Crippen LogP contribution >= 0.6 is 0 Å². The molecule has 0 unspecified atom stereocenters. The van der Waals surface area contributed by atoms with Gasteiger partial charge in [-0.15, -0.1) is 0 Å². The van der Waals surface area contributed by atoms with Gasteiger partial charge >= 0.3 is 6.18 Å². The lowest BCUT2D eigenvalue weighted by Gasteiger charge is -2.17. The van der Waals surface area contributed by atoms with Crippen molar-refractivity contribution in [1.29, 1.82) is 0 Å². The van der Waals surface area contributed by atoms with Gasteiger partial charge in [-0.25, -0.2) is 13.2 Å². The molecule has 3 aromatic rings. The lowest BCUT2D eigenvalue weighted by atomic mass is 10.1. The van der Waals surface area contributed by atoms with Crippen LogP contribution in [-0.4, -0.2) is 0 Å². The first kappa shape index (κ1) is 20.2. The van der Waals surface area contributed by atoms with Crippen molar-refractivity contribution in [1.82, 2.24) is 0 Å². The summed E-state index contributed by atoms with van der Waals surface area (Å²) < 4.78 is 92.2. The molecular weight excluding hydrogens is 402 g/mol. The van der Waals surface area contributed by atoms with Gasteiger partial charge in [0.2, 0.25) is 0 Å². The Morgan fingerprint density at radius 2 is 1.14 bits per heavy atom. The maximum atomic E-state index is 14.2. The van der Waals surface area contributed by atoms with Crippen LogP contribution in [0.15, 0.2) is 48.5 Å². The minimum Gasteiger partial charge on any atom is -0.453 e. The molecule has 4 nitrogen and oxygen atoms in total. The van der Waals surface area contributed by atoms with Gasteiger partial charge in [0.15, 0.2) is 34.7 Å². The monoisotopic (exact) mass is 414 g/mol. The van der Waals surface area contributed by atoms with E-state index in [2.05, 4.69) is 0 Å². The van der Waals surface area contributed by atoms with Gasteiger partial charge in [0.05, 0.1) is 11.4 Å². The van der Waals surface area contributed by atoms with Crippen molar-refractivity contribution < 1.29 is 35.8 Å². The Hall–Kier alpha value is -3.56. The van der Waals surface area contributed by atoms with Crippen molar-refractivity contribution in [2.45, 2.75) is 6.18 Å². The number of hydrogen-bond acceptors (Lipinski definition) is 4. The van der Waals surface area contributed by atoms with E-state index in [9.17, 15) is 26.3 Å². The van der Waals surface area contributed by atoms with E-state index in [-0.39, 0.29) is 17.4 Å². The molecule has 10 heteroatoms. The Kier molecular flexibility index (Phi) is 5.19. The summed E-state index contributed by atoms with van der Waals surface area (Å²) in [7, 11) is 0. The Bertz CT molecular complexity index is 1070. The molecule has 0 saturated heterocycles. The van der Waals surface area contributed by atoms with Gasteiger partial charge in [0.25, 0.3) is 0 Å². The number of nitrogen functional groups attached to an aromatic ring is 2. The fourth-order valence-corrected chi connectivity index (χ4v) is 2.37. The molecule has 0 aliphatic heterocycles. The molecule has 0 saturated carbocycles. The van der Waals surface area contributed by atoms with Gasteiger partial charge in [0.1, 0.15) is 11.3 Å². The standard InChI is InChI=1S/C19H12F6N2O2/c20-10-7-9(19(23,24)25)15(28-13-5-1-3-11(26)17(13)21)8-16(10)29-14-6-2-4-12(27)18(14)22/h1-8H,26-27H2. The Morgan fingerprint density at radius 3 is 1.62 bits per heavy atom. The smallest absolute Gasteiger partial charge is 0.420 e. The van der Waals surface area contributed by atoms with E-state index < -0.39 is 52.2 Å². The summed E-state index contributed by atoms with van der Waals surface area (Å²) in [6.45, 7) is 0. The summed E-state index contributed by atoms with van der Waals surface area (Å²) in [6, 6.07) is 7.70. The lowest BCUT2D eigenvalue weighted by molar-refractivity contribution is -0.138. The van der Waals surface area contributed by atoms with Crippen LogP contribution in [0.3, 0.4) is 0 Å². The van der Waals surface area contributed by atoms with Crippen LogP contribution in [0.4, 0.5) is 37.7 Å². The van der Waals surface area contributed by atoms with Crippen LogP contribution in [0.5, 0.6) is 23.0 Å². The number of anilines is 2. The van der Waals surface area contributed by atoms with E-state index in [0.717, 1.165) is 12.1 Å². The van der Waals surface area contributed by atoms with Crippen LogP contribution in [0.1, 0.15) is 5.56 Å². The van der Waals surface area contributed by atoms with E-state index in [1.165, 1.54) is 24.3 Å². The first-order valence-electron chi connectivity index (χ1n) is 7.92. The second kappa shape index (κ2) is 7.46. The average molecular weight is 414 g/mol.